The number of carbonyl (C=O) groups excluding carboxylic acids is 2. The van der Waals surface area contributed by atoms with Crippen LogP contribution in [0.1, 0.15) is 31.0 Å². The first-order valence-electron chi connectivity index (χ1n) is 10.9. The molecule has 0 spiro atoms. The van der Waals surface area contributed by atoms with E-state index >= 15 is 0 Å². The van der Waals surface area contributed by atoms with Crippen LogP contribution >= 0.6 is 0 Å². The zero-order valence-corrected chi connectivity index (χ0v) is 18.6. The van der Waals surface area contributed by atoms with Gasteiger partial charge in [0.2, 0.25) is 5.91 Å². The van der Waals surface area contributed by atoms with Crippen molar-refractivity contribution in [3.05, 3.63) is 102 Å². The van der Waals surface area contributed by atoms with E-state index in [1.807, 2.05) is 92.7 Å². The molecule has 0 aliphatic rings. The zero-order valence-electron chi connectivity index (χ0n) is 18.6. The molecule has 0 aliphatic carbocycles. The summed E-state index contributed by atoms with van der Waals surface area (Å²) in [5.74, 6) is 0.455. The van der Waals surface area contributed by atoms with Crippen molar-refractivity contribution in [2.24, 2.45) is 5.92 Å². The van der Waals surface area contributed by atoms with Crippen LogP contribution in [0.15, 0.2) is 91.0 Å². The van der Waals surface area contributed by atoms with Crippen molar-refractivity contribution in [3.63, 3.8) is 0 Å². The third kappa shape index (κ3) is 6.71. The average Bonchev–Trinajstić information content (AvgIpc) is 2.83. The Labute approximate surface area is 190 Å². The second-order valence-corrected chi connectivity index (χ2v) is 8.06. The van der Waals surface area contributed by atoms with Crippen LogP contribution in [0.5, 0.6) is 5.75 Å². The van der Waals surface area contributed by atoms with Crippen molar-refractivity contribution >= 4 is 11.8 Å². The predicted octanol–water partition coefficient (Wildman–Crippen LogP) is 4.61. The molecule has 0 aromatic heterocycles. The number of para-hydroxylation sites is 1. The number of hydrogen-bond acceptors (Lipinski definition) is 3. The lowest BCUT2D eigenvalue weighted by atomic mass is 10.0. The lowest BCUT2D eigenvalue weighted by Gasteiger charge is -2.31. The number of amides is 2. The molecule has 3 rings (SSSR count). The molecular weight excluding hydrogens is 400 g/mol. The van der Waals surface area contributed by atoms with E-state index in [4.69, 9.17) is 4.74 Å². The van der Waals surface area contributed by atoms with E-state index in [1.165, 1.54) is 0 Å². The van der Waals surface area contributed by atoms with Crippen LogP contribution in [0.2, 0.25) is 0 Å². The van der Waals surface area contributed by atoms with Gasteiger partial charge in [0.1, 0.15) is 11.8 Å². The van der Waals surface area contributed by atoms with E-state index in [9.17, 15) is 9.59 Å². The molecule has 32 heavy (non-hydrogen) atoms. The SMILES string of the molecule is CC(C)CNC(=O)C(c1ccccc1)N(Cc1ccccc1)C(=O)COc1ccccc1. The molecule has 0 heterocycles. The largest absolute Gasteiger partial charge is 0.484 e. The fourth-order valence-corrected chi connectivity index (χ4v) is 3.36. The van der Waals surface area contributed by atoms with Gasteiger partial charge in [-0.15, -0.1) is 0 Å². The van der Waals surface area contributed by atoms with Gasteiger partial charge in [-0.1, -0.05) is 92.7 Å². The summed E-state index contributed by atoms with van der Waals surface area (Å²) in [5, 5.41) is 3.00. The van der Waals surface area contributed by atoms with Gasteiger partial charge in [-0.3, -0.25) is 9.59 Å². The quantitative estimate of drug-likeness (QED) is 0.511. The number of benzene rings is 3. The molecule has 0 saturated heterocycles. The monoisotopic (exact) mass is 430 g/mol. The molecule has 2 amide bonds. The Balaban J connectivity index is 1.90. The predicted molar refractivity (Wildman–Crippen MR) is 126 cm³/mol. The summed E-state index contributed by atoms with van der Waals surface area (Å²) in [6.07, 6.45) is 0. The van der Waals surface area contributed by atoms with Crippen molar-refractivity contribution in [2.45, 2.75) is 26.4 Å². The highest BCUT2D eigenvalue weighted by Crippen LogP contribution is 2.24. The Morgan fingerprint density at radius 2 is 1.41 bits per heavy atom. The maximum atomic E-state index is 13.4. The highest BCUT2D eigenvalue weighted by molar-refractivity contribution is 5.89. The molecular formula is C27H30N2O3. The molecule has 166 valence electrons. The first-order valence-corrected chi connectivity index (χ1v) is 10.9. The number of rotatable bonds is 10. The summed E-state index contributed by atoms with van der Waals surface area (Å²) >= 11 is 0. The van der Waals surface area contributed by atoms with Gasteiger partial charge in [0.25, 0.3) is 5.91 Å². The number of nitrogens with one attached hydrogen (secondary N) is 1. The molecule has 0 fully saturated rings. The van der Waals surface area contributed by atoms with Gasteiger partial charge in [0.05, 0.1) is 0 Å². The van der Waals surface area contributed by atoms with Crippen LogP contribution in [0.3, 0.4) is 0 Å². The molecule has 5 heteroatoms. The normalized spacial score (nSPS) is 11.6. The molecule has 0 aliphatic heterocycles. The van der Waals surface area contributed by atoms with Gasteiger partial charge in [0.15, 0.2) is 6.61 Å². The van der Waals surface area contributed by atoms with E-state index in [0.717, 1.165) is 11.1 Å². The maximum absolute atomic E-state index is 13.4. The average molecular weight is 431 g/mol. The van der Waals surface area contributed by atoms with Crippen LogP contribution in [0.4, 0.5) is 0 Å². The van der Waals surface area contributed by atoms with E-state index in [1.54, 1.807) is 17.0 Å². The van der Waals surface area contributed by atoms with Crippen molar-refractivity contribution in [1.82, 2.24) is 10.2 Å². The van der Waals surface area contributed by atoms with Crippen molar-refractivity contribution in [3.8, 4) is 5.75 Å². The molecule has 3 aromatic carbocycles. The molecule has 1 unspecified atom stereocenters. The minimum absolute atomic E-state index is 0.155. The van der Waals surface area contributed by atoms with E-state index in [0.29, 0.717) is 24.8 Å². The molecule has 0 radical (unpaired) electrons. The number of carbonyl (C=O) groups is 2. The molecule has 3 aromatic rings. The maximum Gasteiger partial charge on any atom is 0.261 e. The Bertz CT molecular complexity index is 976. The first kappa shape index (κ1) is 23.1. The summed E-state index contributed by atoms with van der Waals surface area (Å²) in [6, 6.07) is 27.5. The molecule has 1 N–H and O–H groups in total. The summed E-state index contributed by atoms with van der Waals surface area (Å²) < 4.78 is 5.73. The molecule has 0 bridgehead atoms. The fraction of sp³-hybridized carbons (Fsp3) is 0.259. The van der Waals surface area contributed by atoms with Crippen LogP contribution in [0.25, 0.3) is 0 Å². The summed E-state index contributed by atoms with van der Waals surface area (Å²) in [5.41, 5.74) is 1.70. The second kappa shape index (κ2) is 11.7. The summed E-state index contributed by atoms with van der Waals surface area (Å²) in [6.45, 7) is 4.76. The standard InChI is InChI=1S/C27H30N2O3/c1-21(2)18-28-27(31)26(23-14-8-4-9-15-23)29(19-22-12-6-3-7-13-22)25(30)20-32-24-16-10-5-11-17-24/h3-17,21,26H,18-20H2,1-2H3,(H,28,31). The van der Waals surface area contributed by atoms with Crippen molar-refractivity contribution in [1.29, 1.82) is 0 Å². The topological polar surface area (TPSA) is 58.6 Å². The lowest BCUT2D eigenvalue weighted by Crippen LogP contribution is -2.45. The Hall–Kier alpha value is -3.60. The highest BCUT2D eigenvalue weighted by atomic mass is 16.5. The van der Waals surface area contributed by atoms with Crippen molar-refractivity contribution in [2.75, 3.05) is 13.2 Å². The highest BCUT2D eigenvalue weighted by Gasteiger charge is 2.31. The Morgan fingerprint density at radius 3 is 2.00 bits per heavy atom. The van der Waals surface area contributed by atoms with Gasteiger partial charge in [-0.05, 0) is 29.2 Å². The summed E-state index contributed by atoms with van der Waals surface area (Å²) in [4.78, 5) is 28.3. The number of ether oxygens (including phenoxy) is 1. The minimum atomic E-state index is -0.762. The van der Waals surface area contributed by atoms with Gasteiger partial charge in [-0.2, -0.15) is 0 Å². The van der Waals surface area contributed by atoms with Gasteiger partial charge >= 0.3 is 0 Å². The zero-order chi connectivity index (χ0) is 22.8. The van der Waals surface area contributed by atoms with Gasteiger partial charge < -0.3 is 15.0 Å². The van der Waals surface area contributed by atoms with E-state index in [-0.39, 0.29) is 18.4 Å². The second-order valence-electron chi connectivity index (χ2n) is 8.06. The molecule has 5 nitrogen and oxygen atoms in total. The smallest absolute Gasteiger partial charge is 0.261 e. The molecule has 1 atom stereocenters. The van der Waals surface area contributed by atoms with Crippen LogP contribution < -0.4 is 10.1 Å². The fourth-order valence-electron chi connectivity index (χ4n) is 3.36. The first-order chi connectivity index (χ1) is 15.5. The van der Waals surface area contributed by atoms with Crippen molar-refractivity contribution < 1.29 is 14.3 Å². The van der Waals surface area contributed by atoms with E-state index < -0.39 is 6.04 Å². The number of nitrogens with zero attached hydrogens (tertiary/aromatic N) is 1. The van der Waals surface area contributed by atoms with Gasteiger partial charge in [-0.25, -0.2) is 0 Å². The Morgan fingerprint density at radius 1 is 0.844 bits per heavy atom. The van der Waals surface area contributed by atoms with E-state index in [2.05, 4.69) is 5.32 Å². The third-order valence-corrected chi connectivity index (χ3v) is 4.98. The van der Waals surface area contributed by atoms with Crippen LogP contribution in [0, 0.1) is 5.92 Å². The van der Waals surface area contributed by atoms with Crippen LogP contribution in [-0.2, 0) is 16.1 Å². The Kier molecular flexibility index (Phi) is 8.44. The minimum Gasteiger partial charge on any atom is -0.484 e. The van der Waals surface area contributed by atoms with Crippen LogP contribution in [-0.4, -0.2) is 29.9 Å². The summed E-state index contributed by atoms with van der Waals surface area (Å²) in [7, 11) is 0. The third-order valence-electron chi connectivity index (χ3n) is 4.98. The van der Waals surface area contributed by atoms with Gasteiger partial charge in [0, 0.05) is 13.1 Å². The molecule has 0 saturated carbocycles. The lowest BCUT2D eigenvalue weighted by molar-refractivity contribution is -0.143. The number of hydrogen-bond donors (Lipinski definition) is 1.